The minimum absolute atomic E-state index is 0.0273. The smallest absolute Gasteiger partial charge is 0.380 e. The molecule has 114 valence electrons. The lowest BCUT2D eigenvalue weighted by atomic mass is 9.76. The molecule has 0 aliphatic heterocycles. The van der Waals surface area contributed by atoms with Crippen molar-refractivity contribution in [3.63, 3.8) is 0 Å². The van der Waals surface area contributed by atoms with E-state index in [0.29, 0.717) is 12.8 Å². The van der Waals surface area contributed by atoms with Crippen molar-refractivity contribution in [2.24, 2.45) is 10.6 Å². The summed E-state index contributed by atoms with van der Waals surface area (Å²) in [5.74, 6) is -0.216. The van der Waals surface area contributed by atoms with Gasteiger partial charge in [-0.3, -0.25) is 0 Å². The van der Waals surface area contributed by atoms with Crippen LogP contribution in [0.1, 0.15) is 38.5 Å². The largest absolute Gasteiger partial charge is 0.391 e. The zero-order valence-corrected chi connectivity index (χ0v) is 11.5. The van der Waals surface area contributed by atoms with E-state index >= 15 is 0 Å². The van der Waals surface area contributed by atoms with Gasteiger partial charge in [-0.1, -0.05) is 19.3 Å². The summed E-state index contributed by atoms with van der Waals surface area (Å²) in [6.07, 6.45) is -1.27. The van der Waals surface area contributed by atoms with Crippen LogP contribution in [0.3, 0.4) is 0 Å². The molecule has 0 amide bonds. The topological polar surface area (TPSA) is 69.4 Å². The molecule has 19 heavy (non-hydrogen) atoms. The number of rotatable bonds is 6. The molecule has 0 spiro atoms. The van der Waals surface area contributed by atoms with Crippen LogP contribution < -0.4 is 5.14 Å². The Morgan fingerprint density at radius 1 is 1.16 bits per heavy atom. The summed E-state index contributed by atoms with van der Waals surface area (Å²) in [5, 5.41) is 5.06. The van der Waals surface area contributed by atoms with E-state index in [-0.39, 0.29) is 12.4 Å². The lowest BCUT2D eigenvalue weighted by molar-refractivity contribution is -0.147. The minimum atomic E-state index is -4.25. The summed E-state index contributed by atoms with van der Waals surface area (Å²) >= 11 is 0. The van der Waals surface area contributed by atoms with E-state index in [1.165, 1.54) is 0 Å². The molecule has 1 rings (SSSR count). The second-order valence-electron chi connectivity index (χ2n) is 5.29. The second-order valence-corrected chi connectivity index (χ2v) is 6.90. The molecule has 0 aromatic rings. The first-order valence-electron chi connectivity index (χ1n) is 6.27. The number of ether oxygens (including phenoxy) is 1. The van der Waals surface area contributed by atoms with Crippen molar-refractivity contribution < 1.29 is 26.3 Å². The van der Waals surface area contributed by atoms with Crippen molar-refractivity contribution in [2.45, 2.75) is 44.7 Å². The monoisotopic (exact) mass is 303 g/mol. The number of hydrogen-bond donors (Lipinski definition) is 1. The fraction of sp³-hybridized carbons (Fsp3) is 1.00. The molecule has 0 unspecified atom stereocenters. The van der Waals surface area contributed by atoms with E-state index in [1.807, 2.05) is 0 Å². The van der Waals surface area contributed by atoms with Crippen LogP contribution in [0.15, 0.2) is 0 Å². The molecule has 0 atom stereocenters. The quantitative estimate of drug-likeness (QED) is 0.765. The van der Waals surface area contributed by atoms with Gasteiger partial charge in [-0.05, 0) is 12.8 Å². The van der Waals surface area contributed by atoms with E-state index in [9.17, 15) is 21.6 Å². The summed E-state index contributed by atoms with van der Waals surface area (Å²) < 4.78 is 63.5. The predicted molar refractivity (Wildman–Crippen MR) is 65.0 cm³/mol. The van der Waals surface area contributed by atoms with Gasteiger partial charge in [0.25, 0.3) is 0 Å². The number of halogens is 3. The number of alkyl halides is 3. The van der Waals surface area contributed by atoms with E-state index in [2.05, 4.69) is 0 Å². The fourth-order valence-electron chi connectivity index (χ4n) is 2.54. The van der Waals surface area contributed by atoms with Crippen LogP contribution in [0.25, 0.3) is 0 Å². The Bertz CT molecular complexity index is 375. The molecule has 1 fully saturated rings. The molecule has 0 bridgehead atoms. The molecule has 1 saturated carbocycles. The van der Waals surface area contributed by atoms with Crippen LogP contribution in [0.2, 0.25) is 0 Å². The first-order valence-corrected chi connectivity index (χ1v) is 7.99. The Hall–Kier alpha value is -0.340. The summed E-state index contributed by atoms with van der Waals surface area (Å²) in [4.78, 5) is 0. The van der Waals surface area contributed by atoms with Crippen molar-refractivity contribution >= 4 is 10.0 Å². The Balaban J connectivity index is 2.51. The Morgan fingerprint density at radius 3 is 2.21 bits per heavy atom. The predicted octanol–water partition coefficient (Wildman–Crippen LogP) is 2.19. The van der Waals surface area contributed by atoms with Gasteiger partial charge in [-0.15, -0.1) is 0 Å². The van der Waals surface area contributed by atoms with Gasteiger partial charge >= 0.3 is 6.18 Å². The van der Waals surface area contributed by atoms with Gasteiger partial charge in [0.05, 0.1) is 25.4 Å². The van der Waals surface area contributed by atoms with E-state index < -0.39 is 34.6 Å². The lowest BCUT2D eigenvalue weighted by Crippen LogP contribution is -2.39. The van der Waals surface area contributed by atoms with Crippen LogP contribution in [0, 0.1) is 5.41 Å². The molecule has 0 heterocycles. The van der Waals surface area contributed by atoms with Crippen molar-refractivity contribution in [3.05, 3.63) is 0 Å². The highest BCUT2D eigenvalue weighted by Gasteiger charge is 2.36. The van der Waals surface area contributed by atoms with Crippen LogP contribution >= 0.6 is 0 Å². The number of nitrogens with two attached hydrogens (primary N) is 1. The number of sulfonamides is 1. The highest BCUT2D eigenvalue weighted by molar-refractivity contribution is 7.89. The van der Waals surface area contributed by atoms with Crippen molar-refractivity contribution in [3.8, 4) is 0 Å². The highest BCUT2D eigenvalue weighted by atomic mass is 32.2. The van der Waals surface area contributed by atoms with Crippen LogP contribution in [0.4, 0.5) is 13.2 Å². The first-order chi connectivity index (χ1) is 8.62. The molecule has 0 saturated heterocycles. The zero-order chi connectivity index (χ0) is 14.6. The standard InChI is InChI=1S/C11H20F3NO3S/c12-11(13,14)6-7-18-8-10(9-19(15,16)17)4-2-1-3-5-10/h1-9H2,(H2,15,16,17). The first kappa shape index (κ1) is 16.7. The maximum atomic E-state index is 12.0. The number of primary sulfonamides is 1. The summed E-state index contributed by atoms with van der Waals surface area (Å²) in [6, 6.07) is 0. The van der Waals surface area contributed by atoms with Crippen LogP contribution in [-0.2, 0) is 14.8 Å². The molecule has 8 heteroatoms. The third-order valence-electron chi connectivity index (χ3n) is 3.36. The van der Waals surface area contributed by atoms with Gasteiger partial charge in [-0.25, -0.2) is 13.6 Å². The molecule has 1 aliphatic rings. The molecule has 2 N–H and O–H groups in total. The molecular weight excluding hydrogens is 283 g/mol. The van der Waals surface area contributed by atoms with Gasteiger partial charge in [0.1, 0.15) is 0 Å². The van der Waals surface area contributed by atoms with E-state index in [0.717, 1.165) is 19.3 Å². The van der Waals surface area contributed by atoms with Gasteiger partial charge in [0.2, 0.25) is 10.0 Å². The third kappa shape index (κ3) is 7.12. The molecule has 0 aromatic heterocycles. The third-order valence-corrected chi connectivity index (χ3v) is 4.37. The van der Waals surface area contributed by atoms with Crippen molar-refractivity contribution in [1.29, 1.82) is 0 Å². The molecule has 4 nitrogen and oxygen atoms in total. The second kappa shape index (κ2) is 6.41. The molecule has 0 aromatic carbocycles. The van der Waals surface area contributed by atoms with Crippen LogP contribution in [0.5, 0.6) is 0 Å². The van der Waals surface area contributed by atoms with Gasteiger partial charge in [0, 0.05) is 5.41 Å². The minimum Gasteiger partial charge on any atom is -0.380 e. The summed E-state index contributed by atoms with van der Waals surface area (Å²) in [7, 11) is -3.65. The number of hydrogen-bond acceptors (Lipinski definition) is 3. The summed E-state index contributed by atoms with van der Waals surface area (Å²) in [5.41, 5.74) is -0.614. The van der Waals surface area contributed by atoms with Gasteiger partial charge < -0.3 is 4.74 Å². The maximum Gasteiger partial charge on any atom is 0.391 e. The fourth-order valence-corrected chi connectivity index (χ4v) is 3.76. The Kier molecular flexibility index (Phi) is 5.64. The average Bonchev–Trinajstić information content (AvgIpc) is 2.22. The van der Waals surface area contributed by atoms with E-state index in [1.54, 1.807) is 0 Å². The Labute approximate surface area is 111 Å². The average molecular weight is 303 g/mol. The highest BCUT2D eigenvalue weighted by Crippen LogP contribution is 2.37. The molecule has 1 aliphatic carbocycles. The summed E-state index contributed by atoms with van der Waals surface area (Å²) in [6.45, 7) is -0.407. The van der Waals surface area contributed by atoms with Crippen molar-refractivity contribution in [2.75, 3.05) is 19.0 Å². The van der Waals surface area contributed by atoms with Gasteiger partial charge in [0.15, 0.2) is 0 Å². The van der Waals surface area contributed by atoms with E-state index in [4.69, 9.17) is 9.88 Å². The normalized spacial score (nSPS) is 20.4. The lowest BCUT2D eigenvalue weighted by Gasteiger charge is -2.36. The van der Waals surface area contributed by atoms with Crippen LogP contribution in [-0.4, -0.2) is 33.6 Å². The maximum absolute atomic E-state index is 12.0. The van der Waals surface area contributed by atoms with Gasteiger partial charge in [-0.2, -0.15) is 13.2 Å². The zero-order valence-electron chi connectivity index (χ0n) is 10.7. The molecule has 0 radical (unpaired) electrons. The Morgan fingerprint density at radius 2 is 1.74 bits per heavy atom. The molecular formula is C11H20F3NO3S. The van der Waals surface area contributed by atoms with Crippen molar-refractivity contribution in [1.82, 2.24) is 0 Å². The SMILES string of the molecule is NS(=O)(=O)CC1(COCCC(F)(F)F)CCCCC1.